The summed E-state index contributed by atoms with van der Waals surface area (Å²) >= 11 is 0. The Labute approximate surface area is 93.2 Å². The third-order valence-corrected chi connectivity index (χ3v) is 5.07. The molecule has 0 aromatic heterocycles. The minimum atomic E-state index is -4.42. The Morgan fingerprint density at radius 2 is 2.25 bits per heavy atom. The van der Waals surface area contributed by atoms with Gasteiger partial charge in [-0.15, -0.1) is 0 Å². The van der Waals surface area contributed by atoms with Crippen LogP contribution < -0.4 is 4.89 Å². The van der Waals surface area contributed by atoms with E-state index in [1.54, 1.807) is 0 Å². The monoisotopic (exact) mass is 270 g/mol. The summed E-state index contributed by atoms with van der Waals surface area (Å²) in [4.78, 5) is 10.5. The molecule has 7 nitrogen and oxygen atoms in total. The Kier molecular flexibility index (Phi) is 5.21. The minimum absolute atomic E-state index is 0.112. The SMILES string of the molecule is C=C(CCOP(=O)(OOO)[P+](=O)[O-])C1CC1. The zero-order valence-corrected chi connectivity index (χ0v) is 10.2. The van der Waals surface area contributed by atoms with Crippen LogP contribution in [0.25, 0.3) is 0 Å². The van der Waals surface area contributed by atoms with Gasteiger partial charge in [0.15, 0.2) is 0 Å². The van der Waals surface area contributed by atoms with Crippen LogP contribution in [0.2, 0.25) is 0 Å². The zero-order valence-electron chi connectivity index (χ0n) is 8.40. The number of hydrogen-bond donors (Lipinski definition) is 1. The van der Waals surface area contributed by atoms with E-state index in [9.17, 15) is 14.0 Å². The van der Waals surface area contributed by atoms with E-state index >= 15 is 0 Å². The highest BCUT2D eigenvalue weighted by Gasteiger charge is 2.43. The van der Waals surface area contributed by atoms with Gasteiger partial charge in [-0.05, 0) is 25.2 Å². The molecular weight excluding hydrogens is 258 g/mol. The molecule has 0 saturated heterocycles. The zero-order chi connectivity index (χ0) is 12.2. The quantitative estimate of drug-likeness (QED) is 0.311. The van der Waals surface area contributed by atoms with Gasteiger partial charge >= 0.3 is 15.0 Å². The average Bonchev–Trinajstić information content (AvgIpc) is 3.00. The van der Waals surface area contributed by atoms with Gasteiger partial charge in [0.25, 0.3) is 0 Å². The molecule has 2 unspecified atom stereocenters. The maximum atomic E-state index is 11.3. The summed E-state index contributed by atoms with van der Waals surface area (Å²) in [6.07, 6.45) is 2.54. The van der Waals surface area contributed by atoms with Gasteiger partial charge in [0, 0.05) is 0 Å². The summed E-state index contributed by atoms with van der Waals surface area (Å²) in [5.41, 5.74) is 0.928. The first kappa shape index (κ1) is 13.9. The molecule has 0 heterocycles. The molecule has 0 bridgehead atoms. The van der Waals surface area contributed by atoms with Crippen molar-refractivity contribution in [3.8, 4) is 0 Å². The summed E-state index contributed by atoms with van der Waals surface area (Å²) in [5.74, 6) is 0.457. The molecule has 0 radical (unpaired) electrons. The number of rotatable bonds is 8. The first-order valence-electron chi connectivity index (χ1n) is 4.56. The van der Waals surface area contributed by atoms with E-state index in [1.807, 2.05) is 0 Å². The summed E-state index contributed by atoms with van der Waals surface area (Å²) in [7, 11) is -7.90. The molecule has 0 aromatic carbocycles. The van der Waals surface area contributed by atoms with E-state index in [4.69, 9.17) is 5.26 Å². The van der Waals surface area contributed by atoms with Gasteiger partial charge in [-0.3, -0.25) is 4.52 Å². The second-order valence-electron chi connectivity index (χ2n) is 3.37. The fourth-order valence-electron chi connectivity index (χ4n) is 1.13. The van der Waals surface area contributed by atoms with Crippen LogP contribution in [0.4, 0.5) is 0 Å². The van der Waals surface area contributed by atoms with Gasteiger partial charge in [0.05, 0.1) is 6.61 Å². The molecule has 92 valence electrons. The van der Waals surface area contributed by atoms with Crippen molar-refractivity contribution in [1.82, 2.24) is 0 Å². The van der Waals surface area contributed by atoms with Crippen molar-refractivity contribution in [2.45, 2.75) is 19.3 Å². The van der Waals surface area contributed by atoms with Gasteiger partial charge in [-0.2, -0.15) is 0 Å². The third kappa shape index (κ3) is 4.03. The van der Waals surface area contributed by atoms with Gasteiger partial charge in [-0.1, -0.05) is 26.4 Å². The average molecular weight is 270 g/mol. The Balaban J connectivity index is 2.34. The lowest BCUT2D eigenvalue weighted by atomic mass is 10.1. The molecule has 16 heavy (non-hydrogen) atoms. The molecule has 0 aromatic rings. The van der Waals surface area contributed by atoms with Crippen molar-refractivity contribution < 1.29 is 33.5 Å². The predicted octanol–water partition coefficient (Wildman–Crippen LogP) is 1.99. The first-order valence-corrected chi connectivity index (χ1v) is 7.99. The molecule has 1 aliphatic rings. The van der Waals surface area contributed by atoms with Gasteiger partial charge < -0.3 is 4.89 Å². The largest absolute Gasteiger partial charge is 0.596 e. The van der Waals surface area contributed by atoms with Gasteiger partial charge in [-0.25, -0.2) is 9.82 Å². The fraction of sp³-hybridized carbons (Fsp3) is 0.714. The van der Waals surface area contributed by atoms with Crippen LogP contribution in [0.3, 0.4) is 0 Å². The molecule has 9 heteroatoms. The van der Waals surface area contributed by atoms with Crippen LogP contribution in [-0.2, 0) is 23.4 Å². The van der Waals surface area contributed by atoms with Crippen LogP contribution in [-0.4, -0.2) is 11.9 Å². The molecule has 0 aliphatic heterocycles. The highest BCUT2D eigenvalue weighted by molar-refractivity contribution is 8.20. The van der Waals surface area contributed by atoms with E-state index in [-0.39, 0.29) is 6.61 Å². The maximum Gasteiger partial charge on any atom is 0.596 e. The van der Waals surface area contributed by atoms with Crippen molar-refractivity contribution in [3.05, 3.63) is 12.2 Å². The minimum Gasteiger partial charge on any atom is -0.587 e. The molecule has 0 amide bonds. The first-order chi connectivity index (χ1) is 7.49. The molecule has 1 aliphatic carbocycles. The Hall–Kier alpha value is -0.130. The van der Waals surface area contributed by atoms with Crippen molar-refractivity contribution in [1.29, 1.82) is 0 Å². The highest BCUT2D eigenvalue weighted by atomic mass is 32.1. The maximum absolute atomic E-state index is 11.3. The second kappa shape index (κ2) is 5.98. The Morgan fingerprint density at radius 1 is 1.62 bits per heavy atom. The standard InChI is InChI=1S/C7H12O7P2/c1-6(7-2-3-7)4-5-12-16(11,14-13-8)15(9)10/h7-8H,1-5H2. The summed E-state index contributed by atoms with van der Waals surface area (Å²) in [6, 6.07) is 0. The molecule has 1 N–H and O–H groups in total. The highest BCUT2D eigenvalue weighted by Crippen LogP contribution is 2.66. The summed E-state index contributed by atoms with van der Waals surface area (Å²) < 4.78 is 30.2. The van der Waals surface area contributed by atoms with E-state index < -0.39 is 15.0 Å². The topological polar surface area (TPSA) is 105 Å². The van der Waals surface area contributed by atoms with Crippen LogP contribution in [0.5, 0.6) is 0 Å². The van der Waals surface area contributed by atoms with Crippen molar-refractivity contribution in [2.75, 3.05) is 6.61 Å². The number of hydrogen-bond acceptors (Lipinski definition) is 7. The normalized spacial score (nSPS) is 20.2. The van der Waals surface area contributed by atoms with Crippen LogP contribution in [0.1, 0.15) is 19.3 Å². The molecule has 0 spiro atoms. The van der Waals surface area contributed by atoms with Gasteiger partial charge in [0.1, 0.15) is 0 Å². The van der Waals surface area contributed by atoms with Crippen molar-refractivity contribution >= 4 is 15.0 Å². The lowest BCUT2D eigenvalue weighted by Crippen LogP contribution is -2.00. The summed E-state index contributed by atoms with van der Waals surface area (Å²) in [6.45, 7) is 3.67. The second-order valence-corrected chi connectivity index (χ2v) is 7.64. The lowest BCUT2D eigenvalue weighted by molar-refractivity contribution is -0.442. The molecule has 2 atom stereocenters. The summed E-state index contributed by atoms with van der Waals surface area (Å²) in [5, 5.41) is 11.0. The van der Waals surface area contributed by atoms with Crippen LogP contribution >= 0.6 is 15.0 Å². The predicted molar refractivity (Wildman–Crippen MR) is 52.4 cm³/mol. The van der Waals surface area contributed by atoms with E-state index in [2.05, 4.69) is 20.8 Å². The Bertz CT molecular complexity index is 325. The van der Waals surface area contributed by atoms with Crippen molar-refractivity contribution in [3.63, 3.8) is 0 Å². The molecular formula is C7H12O7P2. The van der Waals surface area contributed by atoms with Crippen LogP contribution in [0.15, 0.2) is 12.2 Å². The van der Waals surface area contributed by atoms with Crippen molar-refractivity contribution in [2.24, 2.45) is 5.92 Å². The Morgan fingerprint density at radius 3 is 2.69 bits per heavy atom. The van der Waals surface area contributed by atoms with E-state index in [0.29, 0.717) is 12.3 Å². The third-order valence-electron chi connectivity index (χ3n) is 2.16. The fourth-order valence-corrected chi connectivity index (χ4v) is 2.50. The molecule has 1 saturated carbocycles. The van der Waals surface area contributed by atoms with Crippen LogP contribution in [0, 0.1) is 5.92 Å². The smallest absolute Gasteiger partial charge is 0.587 e. The van der Waals surface area contributed by atoms with E-state index in [1.165, 1.54) is 0 Å². The van der Waals surface area contributed by atoms with E-state index in [0.717, 1.165) is 18.4 Å². The molecule has 1 fully saturated rings. The lowest BCUT2D eigenvalue weighted by Gasteiger charge is -2.07. The van der Waals surface area contributed by atoms with Gasteiger partial charge in [0.2, 0.25) is 0 Å². The molecule has 1 rings (SSSR count).